The average molecular weight is 255 g/mol. The van der Waals surface area contributed by atoms with Crippen LogP contribution >= 0.6 is 24.0 Å². The van der Waals surface area contributed by atoms with Gasteiger partial charge >= 0.3 is 0 Å². The fourth-order valence-electron chi connectivity index (χ4n) is 2.47. The molecule has 3 heteroatoms. The Hall–Kier alpha value is 0.01000. The van der Waals surface area contributed by atoms with E-state index in [1.807, 2.05) is 11.3 Å². The maximum Gasteiger partial charge on any atom is 0.0331 e. The highest BCUT2D eigenvalue weighted by atomic mass is 32.1. The molecule has 0 fully saturated rings. The van der Waals surface area contributed by atoms with Crippen LogP contribution in [-0.4, -0.2) is 23.7 Å². The summed E-state index contributed by atoms with van der Waals surface area (Å²) in [5.74, 6) is 1.03. The van der Waals surface area contributed by atoms with Gasteiger partial charge in [0.05, 0.1) is 0 Å². The molecule has 1 atom stereocenters. The lowest BCUT2D eigenvalue weighted by Gasteiger charge is -2.33. The van der Waals surface area contributed by atoms with Crippen molar-refractivity contribution in [2.75, 3.05) is 18.8 Å². The van der Waals surface area contributed by atoms with E-state index >= 15 is 0 Å². The normalized spacial score (nSPS) is 21.0. The quantitative estimate of drug-likeness (QED) is 0.619. The summed E-state index contributed by atoms with van der Waals surface area (Å²) in [6.45, 7) is 4.85. The number of unbranched alkanes of at least 4 members (excludes halogenated alkanes) is 2. The first-order valence-electron chi connectivity index (χ1n) is 6.24. The first kappa shape index (κ1) is 12.5. The zero-order valence-electron chi connectivity index (χ0n) is 9.98. The largest absolute Gasteiger partial charge is 0.296 e. The Morgan fingerprint density at radius 3 is 3.12 bits per heavy atom. The van der Waals surface area contributed by atoms with Gasteiger partial charge < -0.3 is 0 Å². The summed E-state index contributed by atoms with van der Waals surface area (Å²) in [5, 5.41) is 2.24. The molecular formula is C13H21NS2. The van der Waals surface area contributed by atoms with Gasteiger partial charge in [-0.1, -0.05) is 6.42 Å². The topological polar surface area (TPSA) is 3.24 Å². The van der Waals surface area contributed by atoms with Crippen LogP contribution in [0.4, 0.5) is 0 Å². The molecule has 0 saturated heterocycles. The predicted molar refractivity (Wildman–Crippen MR) is 75.7 cm³/mol. The Labute approximate surface area is 108 Å². The number of hydrogen-bond acceptors (Lipinski definition) is 3. The van der Waals surface area contributed by atoms with Crippen molar-refractivity contribution in [2.24, 2.45) is 0 Å². The van der Waals surface area contributed by atoms with Crippen molar-refractivity contribution < 1.29 is 0 Å². The van der Waals surface area contributed by atoms with Crippen molar-refractivity contribution in [2.45, 2.75) is 38.6 Å². The van der Waals surface area contributed by atoms with Crippen LogP contribution in [-0.2, 0) is 6.42 Å². The summed E-state index contributed by atoms with van der Waals surface area (Å²) in [5.41, 5.74) is 1.57. The van der Waals surface area contributed by atoms with Crippen LogP contribution in [0.1, 0.15) is 42.7 Å². The minimum absolute atomic E-state index is 0.631. The van der Waals surface area contributed by atoms with Crippen LogP contribution in [0.3, 0.4) is 0 Å². The minimum atomic E-state index is 0.631. The van der Waals surface area contributed by atoms with Gasteiger partial charge in [0.2, 0.25) is 0 Å². The molecule has 1 unspecified atom stereocenters. The van der Waals surface area contributed by atoms with Crippen LogP contribution in [0.15, 0.2) is 11.4 Å². The fourth-order valence-corrected chi connectivity index (χ4v) is 3.66. The maximum atomic E-state index is 4.25. The Bertz CT molecular complexity index is 321. The predicted octanol–water partition coefficient (Wildman–Crippen LogP) is 3.77. The molecule has 0 radical (unpaired) electrons. The summed E-state index contributed by atoms with van der Waals surface area (Å²) >= 11 is 6.18. The van der Waals surface area contributed by atoms with E-state index in [-0.39, 0.29) is 0 Å². The van der Waals surface area contributed by atoms with Gasteiger partial charge in [-0.2, -0.15) is 12.6 Å². The Morgan fingerprint density at radius 1 is 1.44 bits per heavy atom. The van der Waals surface area contributed by atoms with Crippen molar-refractivity contribution in [1.82, 2.24) is 4.90 Å². The number of nitrogens with zero attached hydrogens (tertiary/aromatic N) is 1. The zero-order valence-corrected chi connectivity index (χ0v) is 11.7. The molecule has 1 aromatic rings. The zero-order chi connectivity index (χ0) is 11.4. The third-order valence-corrected chi connectivity index (χ3v) is 4.82. The van der Waals surface area contributed by atoms with Gasteiger partial charge in [0, 0.05) is 17.5 Å². The molecule has 0 bridgehead atoms. The van der Waals surface area contributed by atoms with Crippen molar-refractivity contribution in [1.29, 1.82) is 0 Å². The van der Waals surface area contributed by atoms with E-state index in [0.717, 1.165) is 5.75 Å². The van der Waals surface area contributed by atoms with E-state index < -0.39 is 0 Å². The number of thiophene rings is 1. The highest BCUT2D eigenvalue weighted by Crippen LogP contribution is 2.32. The first-order chi connectivity index (χ1) is 7.83. The fraction of sp³-hybridized carbons (Fsp3) is 0.692. The van der Waals surface area contributed by atoms with Crippen molar-refractivity contribution in [3.8, 4) is 0 Å². The molecular weight excluding hydrogens is 234 g/mol. The lowest BCUT2D eigenvalue weighted by molar-refractivity contribution is 0.196. The molecule has 2 heterocycles. The molecule has 1 aliphatic rings. The molecule has 90 valence electrons. The number of fused-ring (bicyclic) bond motifs is 1. The highest BCUT2D eigenvalue weighted by molar-refractivity contribution is 7.80. The molecule has 0 aromatic carbocycles. The second-order valence-corrected chi connectivity index (χ2v) is 5.99. The molecule has 0 saturated carbocycles. The minimum Gasteiger partial charge on any atom is -0.296 e. The molecule has 0 aliphatic carbocycles. The molecule has 0 N–H and O–H groups in total. The van der Waals surface area contributed by atoms with E-state index in [2.05, 4.69) is 35.9 Å². The van der Waals surface area contributed by atoms with E-state index in [1.54, 1.807) is 10.4 Å². The summed E-state index contributed by atoms with van der Waals surface area (Å²) in [6, 6.07) is 2.94. The molecule has 1 aliphatic heterocycles. The highest BCUT2D eigenvalue weighted by Gasteiger charge is 2.23. The first-order valence-corrected chi connectivity index (χ1v) is 7.75. The van der Waals surface area contributed by atoms with Crippen LogP contribution in [0.2, 0.25) is 0 Å². The Morgan fingerprint density at radius 2 is 2.31 bits per heavy atom. The van der Waals surface area contributed by atoms with Gasteiger partial charge in [0.1, 0.15) is 0 Å². The summed E-state index contributed by atoms with van der Waals surface area (Å²) in [7, 11) is 0. The summed E-state index contributed by atoms with van der Waals surface area (Å²) < 4.78 is 0. The van der Waals surface area contributed by atoms with Gasteiger partial charge in [-0.15, -0.1) is 11.3 Å². The molecule has 1 aromatic heterocycles. The summed E-state index contributed by atoms with van der Waals surface area (Å²) in [6.07, 6.45) is 5.16. The standard InChI is InChI=1S/C13H21NS2/c1-11-12-6-10-16-13(12)5-8-14(11)7-3-2-4-9-15/h6,10-11,15H,2-5,7-9H2,1H3. The monoisotopic (exact) mass is 255 g/mol. The van der Waals surface area contributed by atoms with Crippen molar-refractivity contribution in [3.05, 3.63) is 21.9 Å². The van der Waals surface area contributed by atoms with E-state index in [9.17, 15) is 0 Å². The smallest absolute Gasteiger partial charge is 0.0331 e. The van der Waals surface area contributed by atoms with Crippen LogP contribution in [0.25, 0.3) is 0 Å². The van der Waals surface area contributed by atoms with Gasteiger partial charge in [0.15, 0.2) is 0 Å². The van der Waals surface area contributed by atoms with Crippen LogP contribution < -0.4 is 0 Å². The van der Waals surface area contributed by atoms with Gasteiger partial charge in [0.25, 0.3) is 0 Å². The molecule has 0 spiro atoms. The number of thiol groups is 1. The molecule has 0 amide bonds. The van der Waals surface area contributed by atoms with Gasteiger partial charge in [-0.25, -0.2) is 0 Å². The lowest BCUT2D eigenvalue weighted by Crippen LogP contribution is -2.33. The molecule has 1 nitrogen and oxygen atoms in total. The second-order valence-electron chi connectivity index (χ2n) is 4.55. The SMILES string of the molecule is CC1c2ccsc2CCN1CCCCCS. The van der Waals surface area contributed by atoms with Crippen molar-refractivity contribution >= 4 is 24.0 Å². The van der Waals surface area contributed by atoms with Crippen LogP contribution in [0.5, 0.6) is 0 Å². The molecule has 16 heavy (non-hydrogen) atoms. The maximum absolute atomic E-state index is 4.25. The number of rotatable bonds is 5. The Kier molecular flexibility index (Phi) is 4.74. The lowest BCUT2D eigenvalue weighted by atomic mass is 10.0. The van der Waals surface area contributed by atoms with Crippen LogP contribution in [0, 0.1) is 0 Å². The summed E-state index contributed by atoms with van der Waals surface area (Å²) in [4.78, 5) is 4.24. The Balaban J connectivity index is 1.84. The molecule has 2 rings (SSSR count). The van der Waals surface area contributed by atoms with Gasteiger partial charge in [-0.3, -0.25) is 4.90 Å². The second kappa shape index (κ2) is 6.08. The van der Waals surface area contributed by atoms with Crippen molar-refractivity contribution in [3.63, 3.8) is 0 Å². The van der Waals surface area contributed by atoms with E-state index in [0.29, 0.717) is 6.04 Å². The third-order valence-electron chi connectivity index (χ3n) is 3.51. The van der Waals surface area contributed by atoms with Gasteiger partial charge in [-0.05, 0) is 55.5 Å². The van der Waals surface area contributed by atoms with E-state index in [1.165, 1.54) is 38.8 Å². The van der Waals surface area contributed by atoms with E-state index in [4.69, 9.17) is 0 Å². The number of hydrogen-bond donors (Lipinski definition) is 1. The third kappa shape index (κ3) is 2.82. The average Bonchev–Trinajstić information content (AvgIpc) is 2.76.